The van der Waals surface area contributed by atoms with Gasteiger partial charge in [-0.1, -0.05) is 74.0 Å². The summed E-state index contributed by atoms with van der Waals surface area (Å²) in [5, 5.41) is 10.4. The second-order valence-electron chi connectivity index (χ2n) is 4.66. The van der Waals surface area contributed by atoms with Crippen LogP contribution in [0.4, 0.5) is 0 Å². The van der Waals surface area contributed by atoms with Crippen molar-refractivity contribution in [1.82, 2.24) is 0 Å². The third-order valence-corrected chi connectivity index (χ3v) is 3.29. The Morgan fingerprint density at radius 3 is 1.67 bits per heavy atom. The van der Waals surface area contributed by atoms with E-state index in [1.165, 1.54) is 11.1 Å². The van der Waals surface area contributed by atoms with E-state index in [9.17, 15) is 5.11 Å². The average molecular weight is 240 g/mol. The highest BCUT2D eigenvalue weighted by atomic mass is 16.3. The van der Waals surface area contributed by atoms with Gasteiger partial charge in [-0.15, -0.1) is 0 Å². The Kier molecular flexibility index (Phi) is 4.54. The van der Waals surface area contributed by atoms with Gasteiger partial charge >= 0.3 is 0 Å². The number of rotatable bonds is 5. The summed E-state index contributed by atoms with van der Waals surface area (Å²) in [7, 11) is 0. The van der Waals surface area contributed by atoms with Gasteiger partial charge in [0.05, 0.1) is 6.10 Å². The first-order valence-electron chi connectivity index (χ1n) is 6.61. The molecule has 18 heavy (non-hydrogen) atoms. The van der Waals surface area contributed by atoms with E-state index in [2.05, 4.69) is 31.2 Å². The van der Waals surface area contributed by atoms with E-state index in [-0.39, 0.29) is 12.0 Å². The summed E-state index contributed by atoms with van der Waals surface area (Å²) in [5.41, 5.74) is 2.37. The van der Waals surface area contributed by atoms with E-state index in [4.69, 9.17) is 0 Å². The highest BCUT2D eigenvalue weighted by molar-refractivity contribution is 5.33. The molecule has 0 aliphatic carbocycles. The molecule has 1 atom stereocenters. The fourth-order valence-corrected chi connectivity index (χ4v) is 2.42. The van der Waals surface area contributed by atoms with Crippen molar-refractivity contribution in [2.75, 3.05) is 0 Å². The molecule has 0 aliphatic rings. The third-order valence-electron chi connectivity index (χ3n) is 3.29. The molecule has 94 valence electrons. The van der Waals surface area contributed by atoms with E-state index >= 15 is 0 Å². The van der Waals surface area contributed by atoms with Crippen molar-refractivity contribution in [2.45, 2.75) is 31.8 Å². The van der Waals surface area contributed by atoms with Gasteiger partial charge in [0.2, 0.25) is 0 Å². The molecule has 0 saturated heterocycles. The number of hydrogen-bond donors (Lipinski definition) is 1. The minimum Gasteiger partial charge on any atom is -0.392 e. The van der Waals surface area contributed by atoms with Crippen LogP contribution >= 0.6 is 0 Å². The molecule has 0 aromatic heterocycles. The maximum absolute atomic E-state index is 10.4. The quantitative estimate of drug-likeness (QED) is 0.838. The van der Waals surface area contributed by atoms with Crippen molar-refractivity contribution in [3.63, 3.8) is 0 Å². The summed E-state index contributed by atoms with van der Waals surface area (Å²) in [6, 6.07) is 20.5. The second kappa shape index (κ2) is 6.36. The summed E-state index contributed by atoms with van der Waals surface area (Å²) in [4.78, 5) is 0. The summed E-state index contributed by atoms with van der Waals surface area (Å²) in [5.74, 6) is 0.0762. The van der Waals surface area contributed by atoms with Crippen molar-refractivity contribution >= 4 is 0 Å². The Morgan fingerprint density at radius 2 is 1.28 bits per heavy atom. The van der Waals surface area contributed by atoms with Crippen LogP contribution in [0.5, 0.6) is 0 Å². The molecule has 0 saturated carbocycles. The number of hydrogen-bond acceptors (Lipinski definition) is 1. The van der Waals surface area contributed by atoms with E-state index in [1.54, 1.807) is 0 Å². The first-order chi connectivity index (χ1) is 8.83. The molecule has 2 aromatic rings. The van der Waals surface area contributed by atoms with Crippen molar-refractivity contribution < 1.29 is 5.11 Å². The molecule has 1 heteroatoms. The molecule has 0 fully saturated rings. The summed E-state index contributed by atoms with van der Waals surface area (Å²) >= 11 is 0. The van der Waals surface area contributed by atoms with Crippen LogP contribution in [-0.4, -0.2) is 11.2 Å². The average Bonchev–Trinajstić information content (AvgIpc) is 2.42. The number of benzene rings is 2. The fourth-order valence-electron chi connectivity index (χ4n) is 2.42. The van der Waals surface area contributed by atoms with Crippen LogP contribution in [0.25, 0.3) is 0 Å². The molecule has 0 amide bonds. The van der Waals surface area contributed by atoms with Crippen molar-refractivity contribution in [3.8, 4) is 0 Å². The Labute approximate surface area is 109 Å². The Bertz CT molecular complexity index is 410. The molecular formula is C17H20O. The third kappa shape index (κ3) is 2.99. The predicted molar refractivity (Wildman–Crippen MR) is 75.6 cm³/mol. The topological polar surface area (TPSA) is 20.2 Å². The van der Waals surface area contributed by atoms with Gasteiger partial charge in [0.25, 0.3) is 0 Å². The molecule has 0 unspecified atom stereocenters. The molecule has 0 spiro atoms. The molecule has 1 N–H and O–H groups in total. The second-order valence-corrected chi connectivity index (χ2v) is 4.66. The lowest BCUT2D eigenvalue weighted by Crippen LogP contribution is -2.19. The van der Waals surface area contributed by atoms with Crippen LogP contribution in [-0.2, 0) is 0 Å². The van der Waals surface area contributed by atoms with Gasteiger partial charge in [-0.05, 0) is 17.5 Å². The summed E-state index contributed by atoms with van der Waals surface area (Å²) < 4.78 is 0. The first kappa shape index (κ1) is 12.8. The summed E-state index contributed by atoms with van der Waals surface area (Å²) in [6.45, 7) is 2.11. The standard InChI is InChI=1S/C17H20O/c1-2-9-16(18)17(14-10-5-3-6-11-14)15-12-7-4-8-13-15/h3-8,10-13,16-18H,2,9H2,1H3/t16-/m0/s1. The lowest BCUT2D eigenvalue weighted by Gasteiger charge is -2.23. The lowest BCUT2D eigenvalue weighted by atomic mass is 9.85. The molecular weight excluding hydrogens is 220 g/mol. The zero-order valence-corrected chi connectivity index (χ0v) is 10.8. The highest BCUT2D eigenvalue weighted by Gasteiger charge is 2.21. The zero-order chi connectivity index (χ0) is 12.8. The smallest absolute Gasteiger partial charge is 0.0649 e. The largest absolute Gasteiger partial charge is 0.392 e. The van der Waals surface area contributed by atoms with Crippen LogP contribution in [0.1, 0.15) is 36.8 Å². The van der Waals surface area contributed by atoms with Crippen LogP contribution < -0.4 is 0 Å². The van der Waals surface area contributed by atoms with Crippen molar-refractivity contribution in [1.29, 1.82) is 0 Å². The van der Waals surface area contributed by atoms with Crippen LogP contribution in [0.3, 0.4) is 0 Å². The van der Waals surface area contributed by atoms with Gasteiger partial charge in [-0.25, -0.2) is 0 Å². The van der Waals surface area contributed by atoms with E-state index < -0.39 is 0 Å². The van der Waals surface area contributed by atoms with E-state index in [0.717, 1.165) is 12.8 Å². The molecule has 0 aliphatic heterocycles. The predicted octanol–water partition coefficient (Wildman–Crippen LogP) is 3.98. The Morgan fingerprint density at radius 1 is 0.833 bits per heavy atom. The molecule has 0 bridgehead atoms. The molecule has 2 rings (SSSR count). The normalized spacial score (nSPS) is 12.6. The number of aliphatic hydroxyl groups is 1. The number of aliphatic hydroxyl groups excluding tert-OH is 1. The monoisotopic (exact) mass is 240 g/mol. The van der Waals surface area contributed by atoms with Crippen molar-refractivity contribution in [3.05, 3.63) is 71.8 Å². The molecule has 2 aromatic carbocycles. The maximum Gasteiger partial charge on any atom is 0.0649 e. The van der Waals surface area contributed by atoms with Gasteiger partial charge in [-0.2, -0.15) is 0 Å². The Balaban J connectivity index is 2.35. The van der Waals surface area contributed by atoms with Gasteiger partial charge in [0, 0.05) is 5.92 Å². The minimum atomic E-state index is -0.320. The molecule has 1 nitrogen and oxygen atoms in total. The van der Waals surface area contributed by atoms with Crippen LogP contribution in [0.2, 0.25) is 0 Å². The van der Waals surface area contributed by atoms with Gasteiger partial charge in [0.1, 0.15) is 0 Å². The van der Waals surface area contributed by atoms with Gasteiger partial charge < -0.3 is 5.11 Å². The van der Waals surface area contributed by atoms with Crippen LogP contribution in [0, 0.1) is 0 Å². The van der Waals surface area contributed by atoms with E-state index in [1.807, 2.05) is 36.4 Å². The molecule has 0 radical (unpaired) electrons. The molecule has 0 heterocycles. The lowest BCUT2D eigenvalue weighted by molar-refractivity contribution is 0.145. The van der Waals surface area contributed by atoms with Gasteiger partial charge in [-0.3, -0.25) is 0 Å². The Hall–Kier alpha value is -1.60. The zero-order valence-electron chi connectivity index (χ0n) is 10.8. The summed E-state index contributed by atoms with van der Waals surface area (Å²) in [6.07, 6.45) is 1.51. The maximum atomic E-state index is 10.4. The highest BCUT2D eigenvalue weighted by Crippen LogP contribution is 2.29. The van der Waals surface area contributed by atoms with Crippen molar-refractivity contribution in [2.24, 2.45) is 0 Å². The first-order valence-corrected chi connectivity index (χ1v) is 6.61. The SMILES string of the molecule is CCC[C@H](O)C(c1ccccc1)c1ccccc1. The van der Waals surface area contributed by atoms with E-state index in [0.29, 0.717) is 0 Å². The minimum absolute atomic E-state index is 0.0762. The van der Waals surface area contributed by atoms with Crippen LogP contribution in [0.15, 0.2) is 60.7 Å². The fraction of sp³-hybridized carbons (Fsp3) is 0.294. The van der Waals surface area contributed by atoms with Gasteiger partial charge in [0.15, 0.2) is 0 Å².